The molecular weight excluding hydrogens is 304 g/mol. The molecule has 1 amide bonds. The zero-order valence-electron chi connectivity index (χ0n) is 11.8. The van der Waals surface area contributed by atoms with Crippen molar-refractivity contribution in [1.29, 1.82) is 0 Å². The molecule has 0 spiro atoms. The summed E-state index contributed by atoms with van der Waals surface area (Å²) in [7, 11) is 0. The van der Waals surface area contributed by atoms with Crippen LogP contribution in [0.5, 0.6) is 0 Å². The highest BCUT2D eigenvalue weighted by Gasteiger charge is 2.11. The molecule has 0 fully saturated rings. The summed E-state index contributed by atoms with van der Waals surface area (Å²) in [5, 5.41) is 2.25. The second-order valence-corrected chi connectivity index (χ2v) is 5.50. The van der Waals surface area contributed by atoms with Crippen LogP contribution in [-0.2, 0) is 4.79 Å². The zero-order chi connectivity index (χ0) is 15.8. The summed E-state index contributed by atoms with van der Waals surface area (Å²) in [4.78, 5) is 11.7. The fraction of sp³-hybridized carbons (Fsp3) is 0.118. The molecule has 2 aromatic rings. The smallest absolute Gasteiger partial charge is 0.234 e. The van der Waals surface area contributed by atoms with Crippen molar-refractivity contribution in [2.45, 2.75) is 0 Å². The first-order valence-electron chi connectivity index (χ1n) is 6.70. The molecule has 0 saturated carbocycles. The first-order chi connectivity index (χ1) is 10.7. The Morgan fingerprint density at radius 3 is 2.41 bits per heavy atom. The number of hydrogen-bond donors (Lipinski definition) is 1. The molecule has 0 heterocycles. The second-order valence-electron chi connectivity index (χ2n) is 4.47. The van der Waals surface area contributed by atoms with Crippen molar-refractivity contribution in [2.24, 2.45) is 0 Å². The molecule has 0 aromatic heterocycles. The number of thioether (sulfide) groups is 1. The van der Waals surface area contributed by atoms with Crippen LogP contribution in [0, 0.1) is 11.6 Å². The number of amides is 1. The maximum Gasteiger partial charge on any atom is 0.234 e. The van der Waals surface area contributed by atoms with E-state index in [4.69, 9.17) is 0 Å². The highest BCUT2D eigenvalue weighted by molar-refractivity contribution is 8.00. The average molecular weight is 319 g/mol. The van der Waals surface area contributed by atoms with E-state index in [0.29, 0.717) is 5.75 Å². The van der Waals surface area contributed by atoms with Gasteiger partial charge in [0.15, 0.2) is 0 Å². The van der Waals surface area contributed by atoms with E-state index >= 15 is 0 Å². The normalized spacial score (nSPS) is 10.8. The molecule has 2 rings (SSSR count). The van der Waals surface area contributed by atoms with Gasteiger partial charge in [-0.3, -0.25) is 4.79 Å². The number of nitrogens with one attached hydrogen (secondary N) is 1. The van der Waals surface area contributed by atoms with Crippen LogP contribution in [0.1, 0.15) is 5.56 Å². The molecular formula is C17H15F2NOS. The van der Waals surface area contributed by atoms with Crippen LogP contribution in [0.15, 0.2) is 54.6 Å². The van der Waals surface area contributed by atoms with Crippen LogP contribution in [0.2, 0.25) is 0 Å². The van der Waals surface area contributed by atoms with Crippen LogP contribution < -0.4 is 5.32 Å². The van der Waals surface area contributed by atoms with Crippen molar-refractivity contribution < 1.29 is 13.6 Å². The van der Waals surface area contributed by atoms with Gasteiger partial charge in [-0.2, -0.15) is 0 Å². The lowest BCUT2D eigenvalue weighted by Gasteiger charge is -2.06. The third-order valence-electron chi connectivity index (χ3n) is 2.78. The van der Waals surface area contributed by atoms with Gasteiger partial charge in [0.25, 0.3) is 0 Å². The lowest BCUT2D eigenvalue weighted by Crippen LogP contribution is -2.16. The molecule has 2 nitrogen and oxygen atoms in total. The Balaban J connectivity index is 1.75. The summed E-state index contributed by atoms with van der Waals surface area (Å²) in [5.74, 6) is -1.21. The number of carbonyl (C=O) groups is 1. The number of para-hydroxylation sites is 1. The summed E-state index contributed by atoms with van der Waals surface area (Å²) < 4.78 is 26.7. The highest BCUT2D eigenvalue weighted by atomic mass is 32.2. The van der Waals surface area contributed by atoms with Crippen LogP contribution in [0.4, 0.5) is 14.5 Å². The molecule has 1 N–H and O–H groups in total. The number of rotatable bonds is 6. The summed E-state index contributed by atoms with van der Waals surface area (Å²) in [5.41, 5.74) is 0.689. The van der Waals surface area contributed by atoms with Gasteiger partial charge < -0.3 is 5.32 Å². The van der Waals surface area contributed by atoms with Gasteiger partial charge in [0.2, 0.25) is 5.91 Å². The molecule has 22 heavy (non-hydrogen) atoms. The first kappa shape index (κ1) is 16.2. The Kier molecular flexibility index (Phi) is 6.15. The van der Waals surface area contributed by atoms with Gasteiger partial charge in [0.1, 0.15) is 17.3 Å². The average Bonchev–Trinajstić information content (AvgIpc) is 2.52. The minimum atomic E-state index is -0.776. The van der Waals surface area contributed by atoms with E-state index in [1.807, 2.05) is 42.5 Å². The lowest BCUT2D eigenvalue weighted by atomic mass is 10.2. The van der Waals surface area contributed by atoms with Gasteiger partial charge in [-0.15, -0.1) is 11.8 Å². The standard InChI is InChI=1S/C17H15F2NOS/c18-14-9-4-10-15(19)17(14)20-16(21)12-22-11-5-8-13-6-2-1-3-7-13/h1-10H,11-12H2,(H,20,21)/b8-5+. The Bertz CT molecular complexity index is 639. The fourth-order valence-corrected chi connectivity index (χ4v) is 2.37. The molecule has 0 aliphatic heterocycles. The third kappa shape index (κ3) is 5.00. The van der Waals surface area contributed by atoms with Crippen molar-refractivity contribution >= 4 is 29.4 Å². The molecule has 114 valence electrons. The third-order valence-corrected chi connectivity index (χ3v) is 3.68. The molecule has 0 radical (unpaired) electrons. The van der Waals surface area contributed by atoms with E-state index in [0.717, 1.165) is 17.7 Å². The summed E-state index contributed by atoms with van der Waals surface area (Å²) in [6.45, 7) is 0. The van der Waals surface area contributed by atoms with Crippen molar-refractivity contribution in [3.63, 3.8) is 0 Å². The molecule has 0 unspecified atom stereocenters. The van der Waals surface area contributed by atoms with Gasteiger partial charge in [-0.1, -0.05) is 48.6 Å². The molecule has 0 saturated heterocycles. The zero-order valence-corrected chi connectivity index (χ0v) is 12.6. The van der Waals surface area contributed by atoms with E-state index in [1.165, 1.54) is 17.8 Å². The number of anilines is 1. The van der Waals surface area contributed by atoms with Crippen molar-refractivity contribution in [2.75, 3.05) is 16.8 Å². The minimum absolute atomic E-state index is 0.132. The van der Waals surface area contributed by atoms with Gasteiger partial charge in [0, 0.05) is 5.75 Å². The largest absolute Gasteiger partial charge is 0.320 e. The predicted octanol–water partition coefficient (Wildman–Crippen LogP) is 4.35. The fourth-order valence-electron chi connectivity index (χ4n) is 1.76. The highest BCUT2D eigenvalue weighted by Crippen LogP contribution is 2.18. The van der Waals surface area contributed by atoms with E-state index in [1.54, 1.807) is 0 Å². The molecule has 0 bridgehead atoms. The predicted molar refractivity (Wildman–Crippen MR) is 87.8 cm³/mol. The molecule has 2 aromatic carbocycles. The van der Waals surface area contributed by atoms with Gasteiger partial charge >= 0.3 is 0 Å². The minimum Gasteiger partial charge on any atom is -0.320 e. The Hall–Kier alpha value is -2.14. The molecule has 5 heteroatoms. The number of hydrogen-bond acceptors (Lipinski definition) is 2. The van der Waals surface area contributed by atoms with E-state index in [9.17, 15) is 13.6 Å². The quantitative estimate of drug-likeness (QED) is 0.802. The molecule has 0 aliphatic rings. The Morgan fingerprint density at radius 2 is 1.73 bits per heavy atom. The van der Waals surface area contributed by atoms with Crippen molar-refractivity contribution in [3.05, 3.63) is 71.8 Å². The van der Waals surface area contributed by atoms with Gasteiger partial charge in [-0.25, -0.2) is 8.78 Å². The molecule has 0 aliphatic carbocycles. The Morgan fingerprint density at radius 1 is 1.05 bits per heavy atom. The number of carbonyl (C=O) groups excluding carboxylic acids is 1. The van der Waals surface area contributed by atoms with E-state index in [2.05, 4.69) is 5.32 Å². The SMILES string of the molecule is O=C(CSC/C=C/c1ccccc1)Nc1c(F)cccc1F. The van der Waals surface area contributed by atoms with E-state index in [-0.39, 0.29) is 5.75 Å². The van der Waals surface area contributed by atoms with Crippen LogP contribution in [0.3, 0.4) is 0 Å². The summed E-state index contributed by atoms with van der Waals surface area (Å²) >= 11 is 1.37. The summed E-state index contributed by atoms with van der Waals surface area (Å²) in [6, 6.07) is 13.3. The lowest BCUT2D eigenvalue weighted by molar-refractivity contribution is -0.113. The topological polar surface area (TPSA) is 29.1 Å². The maximum atomic E-state index is 13.4. The van der Waals surface area contributed by atoms with Crippen molar-refractivity contribution in [1.82, 2.24) is 0 Å². The Labute approximate surface area is 132 Å². The number of halogens is 2. The maximum absolute atomic E-state index is 13.4. The van der Waals surface area contributed by atoms with E-state index < -0.39 is 23.2 Å². The van der Waals surface area contributed by atoms with Gasteiger partial charge in [-0.05, 0) is 17.7 Å². The van der Waals surface area contributed by atoms with Crippen LogP contribution >= 0.6 is 11.8 Å². The van der Waals surface area contributed by atoms with Crippen LogP contribution in [-0.4, -0.2) is 17.4 Å². The molecule has 0 atom stereocenters. The monoisotopic (exact) mass is 319 g/mol. The number of benzene rings is 2. The van der Waals surface area contributed by atoms with Crippen molar-refractivity contribution in [3.8, 4) is 0 Å². The summed E-state index contributed by atoms with van der Waals surface area (Å²) in [6.07, 6.45) is 3.90. The van der Waals surface area contributed by atoms with Crippen LogP contribution in [0.25, 0.3) is 6.08 Å². The second kappa shape index (κ2) is 8.34. The van der Waals surface area contributed by atoms with Gasteiger partial charge in [0.05, 0.1) is 5.75 Å². The first-order valence-corrected chi connectivity index (χ1v) is 7.85.